The molecule has 0 heterocycles. The molecular weight excluding hydrogens is 368 g/mol. The van der Waals surface area contributed by atoms with Gasteiger partial charge in [0.1, 0.15) is 24.7 Å². The van der Waals surface area contributed by atoms with Gasteiger partial charge in [-0.2, -0.15) is 0 Å². The lowest BCUT2D eigenvalue weighted by molar-refractivity contribution is 0.294. The Kier molecular flexibility index (Phi) is 6.79. The highest BCUT2D eigenvalue weighted by atomic mass is 16.5. The largest absolute Gasteiger partial charge is 0.489 e. The smallest absolute Gasteiger partial charge is 0.123 e. The van der Waals surface area contributed by atoms with Gasteiger partial charge in [-0.1, -0.05) is 61.7 Å². The van der Waals surface area contributed by atoms with Gasteiger partial charge in [0.05, 0.1) is 0 Å². The first kappa shape index (κ1) is 21.4. The van der Waals surface area contributed by atoms with E-state index >= 15 is 0 Å². The van der Waals surface area contributed by atoms with Crippen molar-refractivity contribution >= 4 is 12.2 Å². The zero-order chi connectivity index (χ0) is 21.7. The van der Waals surface area contributed by atoms with Gasteiger partial charge in [0, 0.05) is 0 Å². The molecule has 0 radical (unpaired) electrons. The van der Waals surface area contributed by atoms with E-state index in [2.05, 4.69) is 77.3 Å². The predicted molar refractivity (Wildman–Crippen MR) is 127 cm³/mol. The minimum atomic E-state index is 0.534. The summed E-state index contributed by atoms with van der Waals surface area (Å²) < 4.78 is 12.2. The lowest BCUT2D eigenvalue weighted by Crippen LogP contribution is -2.02. The van der Waals surface area contributed by atoms with Crippen molar-refractivity contribution in [1.29, 1.82) is 0 Å². The molecule has 3 rings (SSSR count). The summed E-state index contributed by atoms with van der Waals surface area (Å²) in [4.78, 5) is 0. The van der Waals surface area contributed by atoms with Gasteiger partial charge in [-0.3, -0.25) is 0 Å². The SMILES string of the molecule is C=Cc1ccc(COc2cc(C)c(OCc3cc(C)c(C=C)c(C)c3)cc2C)cc1. The van der Waals surface area contributed by atoms with E-state index in [1.807, 2.05) is 24.3 Å². The Balaban J connectivity index is 1.68. The minimum Gasteiger partial charge on any atom is -0.489 e. The number of benzene rings is 3. The second-order valence-corrected chi connectivity index (χ2v) is 7.75. The van der Waals surface area contributed by atoms with Crippen LogP contribution in [0.5, 0.6) is 11.5 Å². The standard InChI is InChI=1S/C28H30O2/c1-7-23-9-11-24(12-10-23)17-29-27-15-22(6)28(16-21(27)5)30-18-25-13-19(3)26(8-2)20(4)14-25/h7-16H,1-2,17-18H2,3-6H3. The highest BCUT2D eigenvalue weighted by Crippen LogP contribution is 2.29. The number of ether oxygens (including phenoxy) is 2. The average molecular weight is 399 g/mol. The number of aryl methyl sites for hydroxylation is 4. The van der Waals surface area contributed by atoms with Crippen LogP contribution >= 0.6 is 0 Å². The fourth-order valence-electron chi connectivity index (χ4n) is 3.62. The molecular formula is C28H30O2. The molecule has 0 saturated carbocycles. The lowest BCUT2D eigenvalue weighted by Gasteiger charge is -2.15. The molecule has 0 aliphatic carbocycles. The van der Waals surface area contributed by atoms with Crippen LogP contribution in [0.25, 0.3) is 12.2 Å². The van der Waals surface area contributed by atoms with Crippen molar-refractivity contribution in [3.8, 4) is 11.5 Å². The summed E-state index contributed by atoms with van der Waals surface area (Å²) in [5.41, 5.74) is 9.18. The van der Waals surface area contributed by atoms with Crippen LogP contribution in [0, 0.1) is 27.7 Å². The van der Waals surface area contributed by atoms with Crippen molar-refractivity contribution in [3.05, 3.63) is 106 Å². The minimum absolute atomic E-state index is 0.534. The fourth-order valence-corrected chi connectivity index (χ4v) is 3.62. The van der Waals surface area contributed by atoms with Crippen molar-refractivity contribution in [1.82, 2.24) is 0 Å². The quantitative estimate of drug-likeness (QED) is 0.394. The van der Waals surface area contributed by atoms with E-state index in [0.717, 1.165) is 39.3 Å². The molecule has 0 unspecified atom stereocenters. The molecule has 2 nitrogen and oxygen atoms in total. The summed E-state index contributed by atoms with van der Waals surface area (Å²) in [6.07, 6.45) is 3.75. The van der Waals surface area contributed by atoms with Crippen LogP contribution in [0.2, 0.25) is 0 Å². The Morgan fingerprint density at radius 1 is 0.633 bits per heavy atom. The van der Waals surface area contributed by atoms with Gasteiger partial charge in [0.2, 0.25) is 0 Å². The molecule has 0 spiro atoms. The number of rotatable bonds is 8. The highest BCUT2D eigenvalue weighted by molar-refractivity contribution is 5.57. The molecule has 0 bridgehead atoms. The summed E-state index contributed by atoms with van der Waals surface area (Å²) in [6.45, 7) is 17.1. The first-order valence-electron chi connectivity index (χ1n) is 10.2. The summed E-state index contributed by atoms with van der Waals surface area (Å²) in [5.74, 6) is 1.77. The van der Waals surface area contributed by atoms with E-state index in [-0.39, 0.29) is 0 Å². The third kappa shape index (κ3) is 5.01. The van der Waals surface area contributed by atoms with E-state index in [0.29, 0.717) is 13.2 Å². The Hall–Kier alpha value is -3.26. The lowest BCUT2D eigenvalue weighted by atomic mass is 10.00. The normalized spacial score (nSPS) is 10.5. The van der Waals surface area contributed by atoms with Gasteiger partial charge in [-0.25, -0.2) is 0 Å². The van der Waals surface area contributed by atoms with Crippen molar-refractivity contribution in [2.75, 3.05) is 0 Å². The molecule has 0 N–H and O–H groups in total. The van der Waals surface area contributed by atoms with Gasteiger partial charge in [-0.15, -0.1) is 0 Å². The summed E-state index contributed by atoms with van der Waals surface area (Å²) in [6, 6.07) is 16.7. The van der Waals surface area contributed by atoms with Crippen LogP contribution in [0.1, 0.15) is 44.5 Å². The van der Waals surface area contributed by atoms with Crippen molar-refractivity contribution < 1.29 is 9.47 Å². The molecule has 0 amide bonds. The Bertz CT molecular complexity index is 1040. The van der Waals surface area contributed by atoms with E-state index in [9.17, 15) is 0 Å². The first-order chi connectivity index (χ1) is 14.4. The van der Waals surface area contributed by atoms with E-state index in [1.54, 1.807) is 0 Å². The van der Waals surface area contributed by atoms with Gasteiger partial charge in [0.25, 0.3) is 0 Å². The molecule has 0 fully saturated rings. The summed E-state index contributed by atoms with van der Waals surface area (Å²) >= 11 is 0. The second-order valence-electron chi connectivity index (χ2n) is 7.75. The molecule has 0 aliphatic heterocycles. The third-order valence-electron chi connectivity index (χ3n) is 5.33. The molecule has 30 heavy (non-hydrogen) atoms. The maximum Gasteiger partial charge on any atom is 0.123 e. The molecule has 0 aliphatic rings. The Morgan fingerprint density at radius 3 is 1.60 bits per heavy atom. The summed E-state index contributed by atoms with van der Waals surface area (Å²) in [5, 5.41) is 0. The third-order valence-corrected chi connectivity index (χ3v) is 5.33. The van der Waals surface area contributed by atoms with Crippen LogP contribution in [0.4, 0.5) is 0 Å². The van der Waals surface area contributed by atoms with Gasteiger partial charge in [-0.05, 0) is 84.3 Å². The maximum absolute atomic E-state index is 6.14. The van der Waals surface area contributed by atoms with Crippen molar-refractivity contribution in [2.45, 2.75) is 40.9 Å². The molecule has 3 aromatic carbocycles. The highest BCUT2D eigenvalue weighted by Gasteiger charge is 2.09. The van der Waals surface area contributed by atoms with E-state index in [4.69, 9.17) is 9.47 Å². The second kappa shape index (κ2) is 9.49. The van der Waals surface area contributed by atoms with Gasteiger partial charge < -0.3 is 9.47 Å². The monoisotopic (exact) mass is 398 g/mol. The molecule has 0 atom stereocenters. The molecule has 3 aromatic rings. The van der Waals surface area contributed by atoms with Crippen LogP contribution in [-0.2, 0) is 13.2 Å². The molecule has 0 saturated heterocycles. The van der Waals surface area contributed by atoms with Gasteiger partial charge >= 0.3 is 0 Å². The first-order valence-corrected chi connectivity index (χ1v) is 10.2. The number of hydrogen-bond donors (Lipinski definition) is 0. The van der Waals surface area contributed by atoms with E-state index in [1.165, 1.54) is 16.7 Å². The van der Waals surface area contributed by atoms with E-state index < -0.39 is 0 Å². The fraction of sp³-hybridized carbons (Fsp3) is 0.214. The Labute approximate surface area is 180 Å². The predicted octanol–water partition coefficient (Wildman–Crippen LogP) is 7.36. The van der Waals surface area contributed by atoms with Crippen LogP contribution in [-0.4, -0.2) is 0 Å². The topological polar surface area (TPSA) is 18.5 Å². The van der Waals surface area contributed by atoms with Crippen LogP contribution in [0.3, 0.4) is 0 Å². The average Bonchev–Trinajstić information content (AvgIpc) is 2.73. The van der Waals surface area contributed by atoms with Crippen molar-refractivity contribution in [2.24, 2.45) is 0 Å². The van der Waals surface area contributed by atoms with Gasteiger partial charge in [0.15, 0.2) is 0 Å². The Morgan fingerprint density at radius 2 is 1.13 bits per heavy atom. The maximum atomic E-state index is 6.14. The van der Waals surface area contributed by atoms with Crippen LogP contribution < -0.4 is 9.47 Å². The molecule has 154 valence electrons. The molecule has 0 aromatic heterocycles. The zero-order valence-electron chi connectivity index (χ0n) is 18.4. The zero-order valence-corrected chi connectivity index (χ0v) is 18.4. The van der Waals surface area contributed by atoms with Crippen molar-refractivity contribution in [3.63, 3.8) is 0 Å². The van der Waals surface area contributed by atoms with Crippen LogP contribution in [0.15, 0.2) is 61.7 Å². The summed E-state index contributed by atoms with van der Waals surface area (Å²) in [7, 11) is 0. The molecule has 2 heteroatoms. The number of hydrogen-bond acceptors (Lipinski definition) is 2.